The molecule has 2 heterocycles. The maximum atomic E-state index is 5.68. The molecule has 0 unspecified atom stereocenters. The summed E-state index contributed by atoms with van der Waals surface area (Å²) in [6, 6.07) is 5.68. The SMILES string of the molecule is Nc1csnc1-c1ccccn1. The third kappa shape index (κ3) is 1.16. The van der Waals surface area contributed by atoms with Gasteiger partial charge in [-0.25, -0.2) is 0 Å². The highest BCUT2D eigenvalue weighted by Crippen LogP contribution is 2.23. The Morgan fingerprint density at radius 1 is 1.33 bits per heavy atom. The number of anilines is 1. The van der Waals surface area contributed by atoms with Crippen molar-refractivity contribution in [2.45, 2.75) is 0 Å². The van der Waals surface area contributed by atoms with Crippen molar-refractivity contribution in [3.63, 3.8) is 0 Å². The van der Waals surface area contributed by atoms with Gasteiger partial charge in [-0.05, 0) is 23.7 Å². The molecule has 0 saturated heterocycles. The summed E-state index contributed by atoms with van der Waals surface area (Å²) in [5.41, 5.74) is 7.98. The number of hydrogen-bond donors (Lipinski definition) is 1. The van der Waals surface area contributed by atoms with Crippen LogP contribution in [0.5, 0.6) is 0 Å². The molecule has 0 aliphatic rings. The van der Waals surface area contributed by atoms with E-state index in [1.54, 1.807) is 6.20 Å². The lowest BCUT2D eigenvalue weighted by atomic mass is 10.2. The van der Waals surface area contributed by atoms with Crippen LogP contribution in [0.1, 0.15) is 0 Å². The van der Waals surface area contributed by atoms with E-state index in [1.807, 2.05) is 23.6 Å². The van der Waals surface area contributed by atoms with E-state index in [0.29, 0.717) is 5.69 Å². The minimum Gasteiger partial charge on any atom is -0.396 e. The number of nitrogens with two attached hydrogens (primary N) is 1. The highest BCUT2D eigenvalue weighted by atomic mass is 32.1. The van der Waals surface area contributed by atoms with E-state index in [1.165, 1.54) is 11.5 Å². The molecule has 60 valence electrons. The Labute approximate surface area is 74.0 Å². The van der Waals surface area contributed by atoms with E-state index in [-0.39, 0.29) is 0 Å². The van der Waals surface area contributed by atoms with Gasteiger partial charge >= 0.3 is 0 Å². The van der Waals surface area contributed by atoms with Gasteiger partial charge in [-0.3, -0.25) is 4.98 Å². The zero-order chi connectivity index (χ0) is 8.39. The summed E-state index contributed by atoms with van der Waals surface area (Å²) in [7, 11) is 0. The van der Waals surface area contributed by atoms with Crippen LogP contribution in [-0.4, -0.2) is 9.36 Å². The number of aromatic nitrogens is 2. The average Bonchev–Trinajstić information content (AvgIpc) is 2.53. The zero-order valence-electron chi connectivity index (χ0n) is 6.27. The molecule has 0 saturated carbocycles. The van der Waals surface area contributed by atoms with E-state index in [4.69, 9.17) is 5.73 Å². The summed E-state index contributed by atoms with van der Waals surface area (Å²) in [5.74, 6) is 0. The van der Waals surface area contributed by atoms with Crippen LogP contribution >= 0.6 is 11.5 Å². The fourth-order valence-electron chi connectivity index (χ4n) is 0.942. The molecule has 0 aliphatic carbocycles. The predicted molar refractivity (Wildman–Crippen MR) is 49.8 cm³/mol. The van der Waals surface area contributed by atoms with Crippen LogP contribution in [0, 0.1) is 0 Å². The molecule has 0 bridgehead atoms. The van der Waals surface area contributed by atoms with Crippen LogP contribution in [0.25, 0.3) is 11.4 Å². The van der Waals surface area contributed by atoms with Crippen molar-refractivity contribution >= 4 is 17.2 Å². The van der Waals surface area contributed by atoms with Gasteiger partial charge in [0, 0.05) is 11.6 Å². The Kier molecular flexibility index (Phi) is 1.75. The lowest BCUT2D eigenvalue weighted by Crippen LogP contribution is -1.88. The highest BCUT2D eigenvalue weighted by Gasteiger charge is 2.04. The third-order valence-corrected chi connectivity index (χ3v) is 2.15. The molecule has 3 nitrogen and oxygen atoms in total. The Bertz CT molecular complexity index is 369. The second-order valence-electron chi connectivity index (χ2n) is 2.33. The van der Waals surface area contributed by atoms with Gasteiger partial charge in [0.1, 0.15) is 5.69 Å². The quantitative estimate of drug-likeness (QED) is 0.722. The van der Waals surface area contributed by atoms with E-state index < -0.39 is 0 Å². The third-order valence-electron chi connectivity index (χ3n) is 1.50. The van der Waals surface area contributed by atoms with Crippen molar-refractivity contribution < 1.29 is 0 Å². The van der Waals surface area contributed by atoms with Gasteiger partial charge in [-0.2, -0.15) is 4.37 Å². The highest BCUT2D eigenvalue weighted by molar-refractivity contribution is 7.04. The summed E-state index contributed by atoms with van der Waals surface area (Å²) in [6.07, 6.45) is 1.73. The molecule has 0 aliphatic heterocycles. The Morgan fingerprint density at radius 3 is 2.83 bits per heavy atom. The van der Waals surface area contributed by atoms with Crippen LogP contribution < -0.4 is 5.73 Å². The minimum atomic E-state index is 0.693. The van der Waals surface area contributed by atoms with Crippen LogP contribution in [0.15, 0.2) is 29.8 Å². The molecule has 0 spiro atoms. The van der Waals surface area contributed by atoms with Crippen molar-refractivity contribution in [1.29, 1.82) is 0 Å². The lowest BCUT2D eigenvalue weighted by Gasteiger charge is -1.94. The summed E-state index contributed by atoms with van der Waals surface area (Å²) in [4.78, 5) is 4.15. The van der Waals surface area contributed by atoms with Crippen molar-refractivity contribution in [3.05, 3.63) is 29.8 Å². The zero-order valence-corrected chi connectivity index (χ0v) is 7.08. The Balaban J connectivity index is 2.51. The molecule has 2 aromatic rings. The fraction of sp³-hybridized carbons (Fsp3) is 0. The van der Waals surface area contributed by atoms with Crippen LogP contribution in [0.4, 0.5) is 5.69 Å². The van der Waals surface area contributed by atoms with Crippen LogP contribution in [-0.2, 0) is 0 Å². The topological polar surface area (TPSA) is 51.8 Å². The molecule has 2 N–H and O–H groups in total. The van der Waals surface area contributed by atoms with E-state index in [9.17, 15) is 0 Å². The van der Waals surface area contributed by atoms with Gasteiger partial charge in [-0.1, -0.05) is 6.07 Å². The number of pyridine rings is 1. The minimum absolute atomic E-state index is 0.693. The standard InChI is InChI=1S/C8H7N3S/c9-6-5-12-11-8(6)7-3-1-2-4-10-7/h1-5H,9H2. The van der Waals surface area contributed by atoms with Crippen molar-refractivity contribution in [1.82, 2.24) is 9.36 Å². The maximum absolute atomic E-state index is 5.68. The molecule has 2 aromatic heterocycles. The number of nitrogen functional groups attached to an aromatic ring is 1. The number of rotatable bonds is 1. The first-order chi connectivity index (χ1) is 5.88. The molecule has 0 aromatic carbocycles. The van der Waals surface area contributed by atoms with Gasteiger partial charge in [-0.15, -0.1) is 0 Å². The summed E-state index contributed by atoms with van der Waals surface area (Å²) in [6.45, 7) is 0. The smallest absolute Gasteiger partial charge is 0.125 e. The molecule has 12 heavy (non-hydrogen) atoms. The van der Waals surface area contributed by atoms with Gasteiger partial charge in [0.2, 0.25) is 0 Å². The predicted octanol–water partition coefficient (Wildman–Crippen LogP) is 1.79. The molecular formula is C8H7N3S. The van der Waals surface area contributed by atoms with Crippen LogP contribution in [0.3, 0.4) is 0 Å². The molecule has 2 rings (SSSR count). The first-order valence-corrected chi connectivity index (χ1v) is 4.33. The number of hydrogen-bond acceptors (Lipinski definition) is 4. The molecule has 0 radical (unpaired) electrons. The molecule has 0 atom stereocenters. The second kappa shape index (κ2) is 2.91. The molecule has 4 heteroatoms. The summed E-state index contributed by atoms with van der Waals surface area (Å²) in [5, 5.41) is 1.81. The van der Waals surface area contributed by atoms with Gasteiger partial charge in [0.25, 0.3) is 0 Å². The maximum Gasteiger partial charge on any atom is 0.125 e. The summed E-state index contributed by atoms with van der Waals surface area (Å²) < 4.78 is 4.14. The van der Waals surface area contributed by atoms with Crippen molar-refractivity contribution in [3.8, 4) is 11.4 Å². The lowest BCUT2D eigenvalue weighted by molar-refractivity contribution is 1.30. The van der Waals surface area contributed by atoms with E-state index >= 15 is 0 Å². The molecular weight excluding hydrogens is 170 g/mol. The second-order valence-corrected chi connectivity index (χ2v) is 2.96. The molecule has 0 amide bonds. The van der Waals surface area contributed by atoms with Gasteiger partial charge in [0.15, 0.2) is 0 Å². The van der Waals surface area contributed by atoms with Crippen LogP contribution in [0.2, 0.25) is 0 Å². The van der Waals surface area contributed by atoms with Gasteiger partial charge < -0.3 is 5.73 Å². The van der Waals surface area contributed by atoms with E-state index in [2.05, 4.69) is 9.36 Å². The number of nitrogens with zero attached hydrogens (tertiary/aromatic N) is 2. The first kappa shape index (κ1) is 7.24. The molecule has 0 fully saturated rings. The van der Waals surface area contributed by atoms with Gasteiger partial charge in [0.05, 0.1) is 11.4 Å². The van der Waals surface area contributed by atoms with Crippen molar-refractivity contribution in [2.75, 3.05) is 5.73 Å². The Morgan fingerprint density at radius 2 is 2.25 bits per heavy atom. The summed E-state index contributed by atoms with van der Waals surface area (Å²) >= 11 is 1.35. The largest absolute Gasteiger partial charge is 0.396 e. The average molecular weight is 177 g/mol. The van der Waals surface area contributed by atoms with E-state index in [0.717, 1.165) is 11.4 Å². The normalized spacial score (nSPS) is 10.0. The monoisotopic (exact) mass is 177 g/mol. The fourth-order valence-corrected chi connectivity index (χ4v) is 1.52. The first-order valence-electron chi connectivity index (χ1n) is 3.49. The Hall–Kier alpha value is -1.42. The van der Waals surface area contributed by atoms with Crippen molar-refractivity contribution in [2.24, 2.45) is 0 Å².